The molecule has 0 saturated carbocycles. The van der Waals surface area contributed by atoms with Crippen LogP contribution in [0.15, 0.2) is 89.8 Å². The molecule has 0 atom stereocenters. The highest BCUT2D eigenvalue weighted by Crippen LogP contribution is 2.22. The van der Waals surface area contributed by atoms with Crippen LogP contribution in [0.1, 0.15) is 15.9 Å². The minimum Gasteiger partial charge on any atom is -0.493 e. The zero-order chi connectivity index (χ0) is 27.0. The van der Waals surface area contributed by atoms with Crippen molar-refractivity contribution in [1.29, 1.82) is 0 Å². The van der Waals surface area contributed by atoms with E-state index >= 15 is 0 Å². The maximum absolute atomic E-state index is 12.8. The number of nitrogens with one attached hydrogen (secondary N) is 2. The van der Waals surface area contributed by atoms with Crippen molar-refractivity contribution in [2.75, 3.05) is 30.9 Å². The Morgan fingerprint density at radius 2 is 1.58 bits per heavy atom. The molecular weight excluding hydrogens is 508 g/mol. The number of methoxy groups -OCH3 is 2. The third-order valence-electron chi connectivity index (χ3n) is 5.35. The molecule has 0 fully saturated rings. The highest BCUT2D eigenvalue weighted by Gasteiger charge is 2.17. The summed E-state index contributed by atoms with van der Waals surface area (Å²) in [6.45, 7) is 0.526. The number of ether oxygens (including phenoxy) is 3. The second-order valence-electron chi connectivity index (χ2n) is 7.97. The third-order valence-corrected chi connectivity index (χ3v) is 6.72. The zero-order valence-electron chi connectivity index (χ0n) is 20.7. The van der Waals surface area contributed by atoms with Gasteiger partial charge in [0.25, 0.3) is 15.9 Å². The first-order valence-electron chi connectivity index (χ1n) is 11.5. The maximum atomic E-state index is 12.8. The largest absolute Gasteiger partial charge is 0.493 e. The summed E-state index contributed by atoms with van der Waals surface area (Å²) in [4.78, 5) is 20.5. The number of rotatable bonds is 11. The van der Waals surface area contributed by atoms with Crippen LogP contribution in [0.3, 0.4) is 0 Å². The molecule has 4 aromatic rings. The average molecular weight is 535 g/mol. The van der Waals surface area contributed by atoms with Crippen LogP contribution in [-0.4, -0.2) is 45.1 Å². The van der Waals surface area contributed by atoms with E-state index < -0.39 is 10.0 Å². The number of nitrogens with zero attached hydrogens (tertiary/aromatic N) is 2. The van der Waals surface area contributed by atoms with Gasteiger partial charge >= 0.3 is 6.01 Å². The molecule has 11 heteroatoms. The first-order valence-corrected chi connectivity index (χ1v) is 13.0. The average Bonchev–Trinajstić information content (AvgIpc) is 2.93. The van der Waals surface area contributed by atoms with Gasteiger partial charge < -0.3 is 19.5 Å². The van der Waals surface area contributed by atoms with E-state index in [2.05, 4.69) is 20.0 Å². The lowest BCUT2D eigenvalue weighted by atomic mass is 10.2. The number of anilines is 2. The molecule has 38 heavy (non-hydrogen) atoms. The van der Waals surface area contributed by atoms with E-state index in [4.69, 9.17) is 14.2 Å². The number of hydrogen-bond acceptors (Lipinski definition) is 8. The number of amides is 1. The van der Waals surface area contributed by atoms with Crippen molar-refractivity contribution in [1.82, 2.24) is 9.97 Å². The van der Waals surface area contributed by atoms with E-state index in [0.29, 0.717) is 23.6 Å². The normalized spacial score (nSPS) is 10.9. The van der Waals surface area contributed by atoms with E-state index in [1.165, 1.54) is 50.1 Å². The minimum absolute atomic E-state index is 0.0152. The van der Waals surface area contributed by atoms with E-state index in [-0.39, 0.29) is 28.5 Å². The van der Waals surface area contributed by atoms with Crippen molar-refractivity contribution in [3.8, 4) is 17.6 Å². The summed E-state index contributed by atoms with van der Waals surface area (Å²) in [5, 5.41) is 2.75. The molecule has 4 rings (SSSR count). The first-order chi connectivity index (χ1) is 18.4. The molecule has 0 unspecified atom stereocenters. The van der Waals surface area contributed by atoms with Gasteiger partial charge in [0.05, 0.1) is 25.7 Å². The second kappa shape index (κ2) is 12.1. The molecule has 0 saturated heterocycles. The zero-order valence-corrected chi connectivity index (χ0v) is 21.6. The van der Waals surface area contributed by atoms with E-state index in [1.807, 2.05) is 30.3 Å². The van der Waals surface area contributed by atoms with Crippen LogP contribution < -0.4 is 24.2 Å². The predicted octanol–water partition coefficient (Wildman–Crippen LogP) is 4.17. The molecule has 3 aromatic carbocycles. The van der Waals surface area contributed by atoms with E-state index in [9.17, 15) is 13.2 Å². The van der Waals surface area contributed by atoms with Gasteiger partial charge in [0.15, 0.2) is 5.82 Å². The number of carbonyl (C=O) groups excluding carboxylic acids is 1. The quantitative estimate of drug-likeness (QED) is 0.293. The summed E-state index contributed by atoms with van der Waals surface area (Å²) in [6, 6.07) is 23.8. The van der Waals surface area contributed by atoms with Crippen molar-refractivity contribution in [2.24, 2.45) is 0 Å². The molecule has 1 aromatic heterocycles. The number of hydrogen-bond donors (Lipinski definition) is 2. The summed E-state index contributed by atoms with van der Waals surface area (Å²) >= 11 is 0. The van der Waals surface area contributed by atoms with Gasteiger partial charge in [-0.2, -0.15) is 9.97 Å². The molecule has 0 radical (unpaired) electrons. The van der Waals surface area contributed by atoms with Gasteiger partial charge in [0.2, 0.25) is 5.88 Å². The predicted molar refractivity (Wildman–Crippen MR) is 142 cm³/mol. The molecule has 1 heterocycles. The molecule has 2 N–H and O–H groups in total. The first kappa shape index (κ1) is 26.4. The van der Waals surface area contributed by atoms with Gasteiger partial charge in [0.1, 0.15) is 5.75 Å². The lowest BCUT2D eigenvalue weighted by molar-refractivity contribution is 0.102. The summed E-state index contributed by atoms with van der Waals surface area (Å²) in [5.41, 5.74) is 2.06. The van der Waals surface area contributed by atoms with Crippen LogP contribution >= 0.6 is 0 Å². The van der Waals surface area contributed by atoms with Gasteiger partial charge in [-0.05, 0) is 54.1 Å². The van der Waals surface area contributed by atoms with E-state index in [1.54, 1.807) is 24.3 Å². The van der Waals surface area contributed by atoms with Gasteiger partial charge in [-0.1, -0.05) is 30.3 Å². The highest BCUT2D eigenvalue weighted by molar-refractivity contribution is 7.92. The topological polar surface area (TPSA) is 129 Å². The smallest absolute Gasteiger partial charge is 0.321 e. The van der Waals surface area contributed by atoms with Crippen LogP contribution in [0, 0.1) is 0 Å². The van der Waals surface area contributed by atoms with Crippen LogP contribution in [0.25, 0.3) is 0 Å². The summed E-state index contributed by atoms with van der Waals surface area (Å²) in [7, 11) is -1.22. The molecular formula is C27H26N4O6S. The molecule has 0 aliphatic heterocycles. The molecule has 0 aliphatic carbocycles. The fraction of sp³-hybridized carbons (Fsp3) is 0.148. The Bertz CT molecular complexity index is 1460. The maximum Gasteiger partial charge on any atom is 0.321 e. The van der Waals surface area contributed by atoms with E-state index in [0.717, 1.165) is 6.42 Å². The van der Waals surface area contributed by atoms with Gasteiger partial charge in [-0.25, -0.2) is 8.42 Å². The molecule has 0 aliphatic rings. The number of aromatic nitrogens is 2. The Kier molecular flexibility index (Phi) is 8.39. The molecule has 10 nitrogen and oxygen atoms in total. The molecule has 1 amide bonds. The van der Waals surface area contributed by atoms with Crippen molar-refractivity contribution >= 4 is 27.4 Å². The van der Waals surface area contributed by atoms with Gasteiger partial charge in [0, 0.05) is 23.7 Å². The minimum atomic E-state index is -3.97. The van der Waals surface area contributed by atoms with Crippen LogP contribution in [0.2, 0.25) is 0 Å². The Morgan fingerprint density at radius 1 is 0.868 bits per heavy atom. The Labute approximate surface area is 220 Å². The Hall–Kier alpha value is -4.64. The standard InChI is InChI=1S/C27H26N4O6S/c1-35-25-18-24(29-27(30-25)36-2)31-38(33,34)23-14-10-21(11-15-23)28-26(32)20-8-12-22(13-9-20)37-17-16-19-6-4-3-5-7-19/h3-15,18H,16-17H2,1-2H3,(H,28,32)(H,29,30,31). The molecule has 0 bridgehead atoms. The lowest BCUT2D eigenvalue weighted by Crippen LogP contribution is -2.15. The van der Waals surface area contributed by atoms with Crippen molar-refractivity contribution in [3.63, 3.8) is 0 Å². The van der Waals surface area contributed by atoms with Crippen LogP contribution in [-0.2, 0) is 16.4 Å². The summed E-state index contributed by atoms with van der Waals surface area (Å²) in [5.74, 6) is 0.450. The highest BCUT2D eigenvalue weighted by atomic mass is 32.2. The molecule has 196 valence electrons. The van der Waals surface area contributed by atoms with Crippen LogP contribution in [0.5, 0.6) is 17.6 Å². The fourth-order valence-electron chi connectivity index (χ4n) is 3.40. The fourth-order valence-corrected chi connectivity index (χ4v) is 4.40. The number of benzene rings is 3. The lowest BCUT2D eigenvalue weighted by Gasteiger charge is -2.11. The van der Waals surface area contributed by atoms with Crippen molar-refractivity contribution < 1.29 is 27.4 Å². The van der Waals surface area contributed by atoms with Crippen LogP contribution in [0.4, 0.5) is 11.5 Å². The third kappa shape index (κ3) is 6.98. The number of carbonyl (C=O) groups is 1. The Morgan fingerprint density at radius 3 is 2.24 bits per heavy atom. The second-order valence-corrected chi connectivity index (χ2v) is 9.66. The molecule has 0 spiro atoms. The Balaban J connectivity index is 1.34. The van der Waals surface area contributed by atoms with Gasteiger partial charge in [-0.3, -0.25) is 9.52 Å². The SMILES string of the molecule is COc1cc(NS(=O)(=O)c2ccc(NC(=O)c3ccc(OCCc4ccccc4)cc3)cc2)nc(OC)n1. The van der Waals surface area contributed by atoms with Crippen molar-refractivity contribution in [3.05, 3.63) is 96.1 Å². The summed E-state index contributed by atoms with van der Waals surface area (Å²) in [6.07, 6.45) is 0.783. The summed E-state index contributed by atoms with van der Waals surface area (Å²) < 4.78 is 43.7. The number of sulfonamides is 1. The van der Waals surface area contributed by atoms with Crippen molar-refractivity contribution in [2.45, 2.75) is 11.3 Å². The monoisotopic (exact) mass is 534 g/mol. The van der Waals surface area contributed by atoms with Gasteiger partial charge in [-0.15, -0.1) is 0 Å².